The molecule has 0 radical (unpaired) electrons. The van der Waals surface area contributed by atoms with E-state index in [-0.39, 0.29) is 0 Å². The molecule has 0 unspecified atom stereocenters. The minimum absolute atomic E-state index is 0.397. The number of hydrogen-bond acceptors (Lipinski definition) is 6. The highest BCUT2D eigenvalue weighted by atomic mass is 32.3. The lowest BCUT2D eigenvalue weighted by molar-refractivity contribution is 0.402. The number of hydrogen-bond donors (Lipinski definition) is 6. The molecule has 0 spiro atoms. The molecule has 7 N–H and O–H groups in total. The van der Waals surface area contributed by atoms with Crippen LogP contribution < -0.4 is 20.9 Å². The highest BCUT2D eigenvalue weighted by Crippen LogP contribution is 1.99. The minimum Gasteiger partial charge on any atom is -0.318 e. The first kappa shape index (κ1) is 12.9. The highest BCUT2D eigenvalue weighted by molar-refractivity contribution is 8.01. The third kappa shape index (κ3) is 6.00. The number of nitrogens with one attached hydrogen (secondary N) is 2. The molecule has 0 aliphatic carbocycles. The summed E-state index contributed by atoms with van der Waals surface area (Å²) in [4.78, 5) is 0. The van der Waals surface area contributed by atoms with Crippen molar-refractivity contribution in [3.05, 3.63) is 0 Å². The molecule has 0 aromatic heterocycles. The molecule has 11 heteroatoms. The maximum Gasteiger partial charge on any atom is 0.350 e. The van der Waals surface area contributed by atoms with Gasteiger partial charge >= 0.3 is 10.3 Å². The quantitative estimate of drug-likeness (QED) is 0.207. The van der Waals surface area contributed by atoms with E-state index < -0.39 is 34.3 Å². The van der Waals surface area contributed by atoms with E-state index in [2.05, 4.69) is 3.63 Å². The topological polar surface area (TPSA) is 157 Å². The van der Waals surface area contributed by atoms with E-state index in [1.165, 1.54) is 0 Å². The Labute approximate surface area is 76.7 Å². The van der Waals surface area contributed by atoms with Crippen LogP contribution in [0.2, 0.25) is 0 Å². The monoisotopic (exact) mass is 236 g/mol. The van der Waals surface area contributed by atoms with Gasteiger partial charge in [0, 0.05) is 0 Å². The summed E-state index contributed by atoms with van der Waals surface area (Å²) >= 11 is 0. The zero-order valence-electron chi connectivity index (χ0n) is 6.50. The molecule has 9 nitrogen and oxygen atoms in total. The van der Waals surface area contributed by atoms with Crippen molar-refractivity contribution >= 4 is 21.0 Å². The zero-order valence-corrected chi connectivity index (χ0v) is 8.22. The van der Waals surface area contributed by atoms with Crippen molar-refractivity contribution in [3.63, 3.8) is 0 Å². The number of thiol groups is 1. The Bertz CT molecular complexity index is 287. The number of nitrogens with two attached hydrogens (primary N) is 2. The normalized spacial score (nSPS) is 14.4. The third-order valence-corrected chi connectivity index (χ3v) is 3.45. The summed E-state index contributed by atoms with van der Waals surface area (Å²) in [6.07, 6.45) is 0. The summed E-state index contributed by atoms with van der Waals surface area (Å²) in [6, 6.07) is 0. The van der Waals surface area contributed by atoms with Gasteiger partial charge < -0.3 is 11.5 Å². The minimum atomic E-state index is -4.42. The molecule has 0 atom stereocenters. The van der Waals surface area contributed by atoms with Gasteiger partial charge in [0.2, 0.25) is 0 Å². The Kier molecular flexibility index (Phi) is 4.87. The van der Waals surface area contributed by atoms with Gasteiger partial charge in [-0.1, -0.05) is 0 Å². The van der Waals surface area contributed by atoms with E-state index >= 15 is 0 Å². The molecular weight excluding hydrogens is 224 g/mol. The molecule has 0 saturated heterocycles. The maximum atomic E-state index is 10.8. The second kappa shape index (κ2) is 4.92. The molecule has 0 heterocycles. The fraction of sp³-hybridized carbons (Fsp3) is 1.00. The largest absolute Gasteiger partial charge is 0.350 e. The molecule has 0 aliphatic rings. The van der Waals surface area contributed by atoms with Crippen LogP contribution >= 0.6 is 0 Å². The van der Waals surface area contributed by atoms with Crippen molar-refractivity contribution < 1.29 is 20.8 Å². The predicted molar refractivity (Wildman–Crippen MR) is 46.6 cm³/mol. The highest BCUT2D eigenvalue weighted by Gasteiger charge is 2.19. The smallest absolute Gasteiger partial charge is 0.318 e. The summed E-state index contributed by atoms with van der Waals surface area (Å²) in [5.41, 5.74) is 9.66. The van der Waals surface area contributed by atoms with Gasteiger partial charge in [-0.15, -0.1) is 3.63 Å². The Balaban J connectivity index is 4.34. The van der Waals surface area contributed by atoms with Gasteiger partial charge in [-0.05, 0) is 0 Å². The van der Waals surface area contributed by atoms with Crippen LogP contribution in [0.15, 0.2) is 0 Å². The van der Waals surface area contributed by atoms with Gasteiger partial charge in [-0.2, -0.15) is 13.1 Å². The van der Waals surface area contributed by atoms with Crippen LogP contribution in [0.4, 0.5) is 0 Å². The summed E-state index contributed by atoms with van der Waals surface area (Å²) in [7, 11) is -8.74. The zero-order chi connectivity index (χ0) is 10.5. The molecule has 13 heavy (non-hydrogen) atoms. The van der Waals surface area contributed by atoms with Gasteiger partial charge in [-0.25, -0.2) is 8.93 Å². The molecule has 0 saturated carbocycles. The number of rotatable bonds is 6. The van der Waals surface area contributed by atoms with E-state index in [0.29, 0.717) is 0 Å². The molecule has 0 aliphatic heterocycles. The van der Waals surface area contributed by atoms with Crippen LogP contribution in [0.3, 0.4) is 0 Å². The Morgan fingerprint density at radius 2 is 1.92 bits per heavy atom. The average Bonchev–Trinajstić information content (AvgIpc) is 1.82. The van der Waals surface area contributed by atoms with Crippen molar-refractivity contribution in [3.8, 4) is 0 Å². The van der Waals surface area contributed by atoms with Gasteiger partial charge in [0.25, 0.3) is 0 Å². The molecule has 0 fully saturated rings. The van der Waals surface area contributed by atoms with Crippen LogP contribution in [-0.2, 0) is 24.6 Å². The molecular formula is C2H12N4O5S2. The lowest BCUT2D eigenvalue weighted by atomic mass is 11.3. The maximum absolute atomic E-state index is 10.8. The van der Waals surface area contributed by atoms with Crippen LogP contribution in [-0.4, -0.2) is 30.5 Å². The lowest BCUT2D eigenvalue weighted by Gasteiger charge is -2.17. The fourth-order valence-electron chi connectivity index (χ4n) is 0.403. The Morgan fingerprint density at radius 3 is 2.31 bits per heavy atom. The van der Waals surface area contributed by atoms with E-state index in [4.69, 9.17) is 16.0 Å². The van der Waals surface area contributed by atoms with Crippen LogP contribution in [0, 0.1) is 0 Å². The van der Waals surface area contributed by atoms with Gasteiger partial charge in [-0.3, -0.25) is 4.55 Å². The predicted octanol–water partition coefficient (Wildman–Crippen LogP) is -3.42. The van der Waals surface area contributed by atoms with Gasteiger partial charge in [0.05, 0.1) is 13.3 Å². The average molecular weight is 236 g/mol. The SMILES string of the molecule is NCNS(=O)(=O)O[SH](=O)(O)NCN. The summed E-state index contributed by atoms with van der Waals surface area (Å²) in [6.45, 7) is -0.836. The van der Waals surface area contributed by atoms with E-state index in [0.717, 1.165) is 0 Å². The summed E-state index contributed by atoms with van der Waals surface area (Å²) in [5.74, 6) is 0. The molecule has 0 rings (SSSR count). The summed E-state index contributed by atoms with van der Waals surface area (Å²) in [5, 5.41) is 0. The van der Waals surface area contributed by atoms with Crippen molar-refractivity contribution in [2.45, 2.75) is 0 Å². The van der Waals surface area contributed by atoms with Gasteiger partial charge in [0.15, 0.2) is 0 Å². The van der Waals surface area contributed by atoms with Crippen LogP contribution in [0.25, 0.3) is 0 Å². The van der Waals surface area contributed by atoms with Crippen molar-refractivity contribution in [1.82, 2.24) is 9.44 Å². The standard InChI is InChI=1S/C2H12N4O5S2/c3-1-5-12(7,8)11-13(9,10)6-2-4/h5,13H,1-4H2,(H2,6,9,10). The molecule has 0 amide bonds. The molecule has 0 bridgehead atoms. The third-order valence-electron chi connectivity index (χ3n) is 0.750. The summed E-state index contributed by atoms with van der Waals surface area (Å²) < 4.78 is 48.1. The van der Waals surface area contributed by atoms with Crippen molar-refractivity contribution in [2.24, 2.45) is 11.5 Å². The molecule has 0 aromatic carbocycles. The first-order valence-corrected chi connectivity index (χ1v) is 6.00. The first-order chi connectivity index (χ1) is 5.83. The second-order valence-electron chi connectivity index (χ2n) is 1.76. The van der Waals surface area contributed by atoms with E-state index in [1.54, 1.807) is 9.44 Å². The Hall–Kier alpha value is -0.140. The van der Waals surface area contributed by atoms with E-state index in [1.807, 2.05) is 0 Å². The van der Waals surface area contributed by atoms with Crippen LogP contribution in [0.1, 0.15) is 0 Å². The Morgan fingerprint density at radius 1 is 1.38 bits per heavy atom. The van der Waals surface area contributed by atoms with Gasteiger partial charge in [0.1, 0.15) is 10.7 Å². The van der Waals surface area contributed by atoms with Crippen molar-refractivity contribution in [2.75, 3.05) is 13.3 Å². The van der Waals surface area contributed by atoms with E-state index in [9.17, 15) is 12.6 Å². The van der Waals surface area contributed by atoms with Crippen LogP contribution in [0.5, 0.6) is 0 Å². The van der Waals surface area contributed by atoms with Crippen molar-refractivity contribution in [1.29, 1.82) is 0 Å². The second-order valence-corrected chi connectivity index (χ2v) is 4.91. The first-order valence-electron chi connectivity index (χ1n) is 3.02. The fourth-order valence-corrected chi connectivity index (χ4v) is 2.32. The molecule has 82 valence electrons. The molecule has 0 aromatic rings. The lowest BCUT2D eigenvalue weighted by Crippen LogP contribution is -2.42.